The van der Waals surface area contributed by atoms with Gasteiger partial charge in [0, 0.05) is 31.6 Å². The smallest absolute Gasteiger partial charge is 0.267 e. The molecule has 142 valence electrons. The quantitative estimate of drug-likeness (QED) is 0.686. The minimum atomic E-state index is -0.618. The van der Waals surface area contributed by atoms with Crippen LogP contribution in [0.15, 0.2) is 54.6 Å². The van der Waals surface area contributed by atoms with Gasteiger partial charge in [-0.15, -0.1) is 10.2 Å². The number of para-hydroxylation sites is 2. The Morgan fingerprint density at radius 2 is 1.71 bits per heavy atom. The van der Waals surface area contributed by atoms with Crippen molar-refractivity contribution < 1.29 is 14.3 Å². The van der Waals surface area contributed by atoms with Crippen LogP contribution in [0.2, 0.25) is 0 Å². The molecule has 2 aliphatic rings. The number of hydrogen-bond acceptors (Lipinski definition) is 5. The fraction of sp³-hybridized carbons (Fsp3) is 0.286. The molecule has 0 saturated heterocycles. The predicted molar refractivity (Wildman–Crippen MR) is 102 cm³/mol. The Labute approximate surface area is 162 Å². The zero-order chi connectivity index (χ0) is 18.9. The Bertz CT molecular complexity index is 1000. The van der Waals surface area contributed by atoms with E-state index in [4.69, 9.17) is 9.47 Å². The minimum Gasteiger partial charge on any atom is -0.485 e. The Morgan fingerprint density at radius 3 is 2.57 bits per heavy atom. The van der Waals surface area contributed by atoms with Gasteiger partial charge in [0.25, 0.3) is 5.91 Å². The summed E-state index contributed by atoms with van der Waals surface area (Å²) in [7, 11) is 0. The number of fused-ring (bicyclic) bond motifs is 2. The molecule has 7 heteroatoms. The number of nitrogens with zero attached hydrogens (tertiary/aromatic N) is 4. The van der Waals surface area contributed by atoms with Crippen LogP contribution in [-0.2, 0) is 17.8 Å². The van der Waals surface area contributed by atoms with Crippen molar-refractivity contribution in [3.05, 3.63) is 60.4 Å². The monoisotopic (exact) mass is 376 g/mol. The Hall–Kier alpha value is -3.35. The Morgan fingerprint density at radius 1 is 0.929 bits per heavy atom. The summed E-state index contributed by atoms with van der Waals surface area (Å²) < 4.78 is 13.7. The molecule has 3 heterocycles. The van der Waals surface area contributed by atoms with Gasteiger partial charge in [-0.05, 0) is 12.1 Å². The second-order valence-electron chi connectivity index (χ2n) is 6.90. The maximum absolute atomic E-state index is 13.0. The lowest BCUT2D eigenvalue weighted by atomic mass is 10.2. The molecule has 0 saturated carbocycles. The van der Waals surface area contributed by atoms with Crippen LogP contribution in [0.1, 0.15) is 5.82 Å². The van der Waals surface area contributed by atoms with E-state index in [1.807, 2.05) is 59.5 Å². The van der Waals surface area contributed by atoms with E-state index in [1.165, 1.54) is 0 Å². The molecule has 3 aromatic rings. The van der Waals surface area contributed by atoms with Crippen LogP contribution in [0.25, 0.3) is 11.4 Å². The molecule has 0 N–H and O–H groups in total. The first-order valence-electron chi connectivity index (χ1n) is 9.44. The standard InChI is InChI=1S/C21H20N4O3/c26-21(18-14-27-16-8-4-5-9-17(16)28-18)24-11-10-19-22-23-20(25(19)13-12-24)15-6-2-1-3-7-15/h1-9,18H,10-14H2/t18-/m0/s1. The van der Waals surface area contributed by atoms with Crippen molar-refractivity contribution in [1.29, 1.82) is 0 Å². The normalized spacial score (nSPS) is 18.3. The highest BCUT2D eigenvalue weighted by Gasteiger charge is 2.32. The first-order valence-corrected chi connectivity index (χ1v) is 9.44. The molecule has 1 amide bonds. The molecular weight excluding hydrogens is 356 g/mol. The van der Waals surface area contributed by atoms with Gasteiger partial charge >= 0.3 is 0 Å². The molecular formula is C21H20N4O3. The molecule has 5 rings (SSSR count). The number of benzene rings is 2. The lowest BCUT2D eigenvalue weighted by Gasteiger charge is -2.30. The van der Waals surface area contributed by atoms with Gasteiger partial charge in [-0.2, -0.15) is 0 Å². The lowest BCUT2D eigenvalue weighted by Crippen LogP contribution is -2.47. The molecule has 0 bridgehead atoms. The lowest BCUT2D eigenvalue weighted by molar-refractivity contribution is -0.141. The topological polar surface area (TPSA) is 69.5 Å². The molecule has 7 nitrogen and oxygen atoms in total. The third-order valence-corrected chi connectivity index (χ3v) is 5.15. The zero-order valence-corrected chi connectivity index (χ0v) is 15.3. The van der Waals surface area contributed by atoms with E-state index in [-0.39, 0.29) is 12.5 Å². The molecule has 1 atom stereocenters. The van der Waals surface area contributed by atoms with E-state index < -0.39 is 6.10 Å². The highest BCUT2D eigenvalue weighted by atomic mass is 16.6. The second-order valence-corrected chi connectivity index (χ2v) is 6.90. The summed E-state index contributed by atoms with van der Waals surface area (Å²) >= 11 is 0. The third kappa shape index (κ3) is 2.98. The van der Waals surface area contributed by atoms with E-state index in [9.17, 15) is 4.79 Å². The van der Waals surface area contributed by atoms with E-state index in [0.29, 0.717) is 37.6 Å². The van der Waals surface area contributed by atoms with E-state index >= 15 is 0 Å². The van der Waals surface area contributed by atoms with Crippen LogP contribution in [0.3, 0.4) is 0 Å². The maximum Gasteiger partial charge on any atom is 0.267 e. The van der Waals surface area contributed by atoms with Crippen molar-refractivity contribution in [1.82, 2.24) is 19.7 Å². The number of ether oxygens (including phenoxy) is 2. The molecule has 0 fully saturated rings. The molecule has 2 aromatic carbocycles. The van der Waals surface area contributed by atoms with Gasteiger partial charge in [0.15, 0.2) is 17.3 Å². The summed E-state index contributed by atoms with van der Waals surface area (Å²) in [5.41, 5.74) is 1.03. The summed E-state index contributed by atoms with van der Waals surface area (Å²) in [4.78, 5) is 14.9. The van der Waals surface area contributed by atoms with Crippen LogP contribution in [0.4, 0.5) is 0 Å². The van der Waals surface area contributed by atoms with Gasteiger partial charge in [0.1, 0.15) is 12.4 Å². The van der Waals surface area contributed by atoms with Crippen molar-refractivity contribution in [3.8, 4) is 22.9 Å². The average molecular weight is 376 g/mol. The SMILES string of the molecule is O=C([C@@H]1COc2ccccc2O1)N1CCc2nnc(-c3ccccc3)n2CC1. The summed E-state index contributed by atoms with van der Waals surface area (Å²) in [6.45, 7) is 2.06. The van der Waals surface area contributed by atoms with E-state index in [0.717, 1.165) is 17.2 Å². The second kappa shape index (κ2) is 6.99. The number of rotatable bonds is 2. The summed E-state index contributed by atoms with van der Waals surface area (Å²) in [5.74, 6) is 3.00. The highest BCUT2D eigenvalue weighted by molar-refractivity contribution is 5.82. The molecule has 0 aliphatic carbocycles. The molecule has 2 aliphatic heterocycles. The Kier molecular flexibility index (Phi) is 4.20. The van der Waals surface area contributed by atoms with E-state index in [2.05, 4.69) is 14.8 Å². The van der Waals surface area contributed by atoms with Gasteiger partial charge in [-0.1, -0.05) is 42.5 Å². The van der Waals surface area contributed by atoms with Gasteiger partial charge in [0.2, 0.25) is 6.10 Å². The molecule has 0 spiro atoms. The predicted octanol–water partition coefficient (Wildman–Crippen LogP) is 2.17. The van der Waals surface area contributed by atoms with Crippen molar-refractivity contribution in [2.75, 3.05) is 19.7 Å². The molecule has 0 radical (unpaired) electrons. The van der Waals surface area contributed by atoms with Gasteiger partial charge in [-0.25, -0.2) is 0 Å². The minimum absolute atomic E-state index is 0.0468. The Balaban J connectivity index is 1.31. The summed E-state index contributed by atoms with van der Waals surface area (Å²) in [5, 5.41) is 8.71. The third-order valence-electron chi connectivity index (χ3n) is 5.15. The molecule has 28 heavy (non-hydrogen) atoms. The van der Waals surface area contributed by atoms with Crippen LogP contribution >= 0.6 is 0 Å². The van der Waals surface area contributed by atoms with Crippen molar-refractivity contribution >= 4 is 5.91 Å². The number of hydrogen-bond donors (Lipinski definition) is 0. The number of amides is 1. The van der Waals surface area contributed by atoms with E-state index in [1.54, 1.807) is 0 Å². The fourth-order valence-electron chi connectivity index (χ4n) is 3.69. The summed E-state index contributed by atoms with van der Waals surface area (Å²) in [6.07, 6.45) is 0.0440. The fourth-order valence-corrected chi connectivity index (χ4v) is 3.69. The van der Waals surface area contributed by atoms with Crippen LogP contribution in [0, 0.1) is 0 Å². The summed E-state index contributed by atoms with van der Waals surface area (Å²) in [6, 6.07) is 17.4. The van der Waals surface area contributed by atoms with Crippen LogP contribution in [0.5, 0.6) is 11.5 Å². The molecule has 1 aromatic heterocycles. The average Bonchev–Trinajstić information content (AvgIpc) is 3.05. The van der Waals surface area contributed by atoms with Crippen LogP contribution < -0.4 is 9.47 Å². The zero-order valence-electron chi connectivity index (χ0n) is 15.3. The molecule has 0 unspecified atom stereocenters. The maximum atomic E-state index is 13.0. The van der Waals surface area contributed by atoms with Gasteiger partial charge in [0.05, 0.1) is 0 Å². The van der Waals surface area contributed by atoms with Crippen LogP contribution in [-0.4, -0.2) is 51.4 Å². The van der Waals surface area contributed by atoms with Crippen molar-refractivity contribution in [3.63, 3.8) is 0 Å². The van der Waals surface area contributed by atoms with Gasteiger partial charge < -0.3 is 18.9 Å². The van der Waals surface area contributed by atoms with Gasteiger partial charge in [-0.3, -0.25) is 4.79 Å². The first kappa shape index (κ1) is 16.8. The highest BCUT2D eigenvalue weighted by Crippen LogP contribution is 2.31. The first-order chi connectivity index (χ1) is 13.8. The number of carbonyl (C=O) groups is 1. The van der Waals surface area contributed by atoms with Crippen molar-refractivity contribution in [2.24, 2.45) is 0 Å². The largest absolute Gasteiger partial charge is 0.485 e. The number of aromatic nitrogens is 3. The number of carbonyl (C=O) groups excluding carboxylic acids is 1. The van der Waals surface area contributed by atoms with Crippen molar-refractivity contribution in [2.45, 2.75) is 19.1 Å².